The Morgan fingerprint density at radius 1 is 1.03 bits per heavy atom. The van der Waals surface area contributed by atoms with E-state index in [-0.39, 0.29) is 5.91 Å². The van der Waals surface area contributed by atoms with E-state index in [9.17, 15) is 4.79 Å². The lowest BCUT2D eigenvalue weighted by Gasteiger charge is -2.34. The first-order chi connectivity index (χ1) is 16.2. The standard InChI is InChI=1S/C26H22N4O2S/c1-2-16-32-20-14-12-19(13-15-20)24-27-22-11-7-6-10-21(22)23-25(31)28-26(29-30(23)24)33-17-18-8-4-3-5-9-18/h2-15,24H,1,16-17H2,(H,28,29,31)/t24-/m0/s1. The second-order valence-electron chi connectivity index (χ2n) is 7.52. The number of carbonyl (C=O) groups excluding carboxylic acids is 1. The molecule has 3 aromatic carbocycles. The quantitative estimate of drug-likeness (QED) is 0.581. The summed E-state index contributed by atoms with van der Waals surface area (Å²) in [7, 11) is 0. The zero-order chi connectivity index (χ0) is 22.6. The summed E-state index contributed by atoms with van der Waals surface area (Å²) in [5.74, 6) is 1.27. The molecule has 7 heteroatoms. The van der Waals surface area contributed by atoms with Crippen LogP contribution >= 0.6 is 11.8 Å². The van der Waals surface area contributed by atoms with Crippen molar-refractivity contribution in [1.29, 1.82) is 0 Å². The fourth-order valence-electron chi connectivity index (χ4n) is 3.73. The van der Waals surface area contributed by atoms with Crippen molar-refractivity contribution in [2.45, 2.75) is 11.9 Å². The molecule has 1 atom stereocenters. The summed E-state index contributed by atoms with van der Waals surface area (Å²) in [5, 5.41) is 11.6. The summed E-state index contributed by atoms with van der Waals surface area (Å²) in [5.41, 5.74) is 2.58. The topological polar surface area (TPSA) is 66.3 Å². The first-order valence-electron chi connectivity index (χ1n) is 10.6. The lowest BCUT2D eigenvalue weighted by atomic mass is 10.1. The maximum atomic E-state index is 13.2. The highest BCUT2D eigenvalue weighted by molar-refractivity contribution is 8.13. The average molecular weight is 455 g/mol. The number of nitrogens with one attached hydrogen (secondary N) is 1. The van der Waals surface area contributed by atoms with Gasteiger partial charge in [0.2, 0.25) is 0 Å². The number of ether oxygens (including phenoxy) is 1. The van der Waals surface area contributed by atoms with E-state index < -0.39 is 6.17 Å². The molecule has 0 saturated heterocycles. The summed E-state index contributed by atoms with van der Waals surface area (Å²) in [6.45, 7) is 4.12. The van der Waals surface area contributed by atoms with Gasteiger partial charge in [-0.25, -0.2) is 5.01 Å². The minimum atomic E-state index is -0.457. The molecule has 0 fully saturated rings. The van der Waals surface area contributed by atoms with Crippen LogP contribution < -0.4 is 20.6 Å². The normalized spacial score (nSPS) is 16.7. The van der Waals surface area contributed by atoms with E-state index >= 15 is 0 Å². The Labute approximate surface area is 196 Å². The highest BCUT2D eigenvalue weighted by Gasteiger charge is 2.34. The number of thioether (sulfide) groups is 1. The molecule has 164 valence electrons. The van der Waals surface area contributed by atoms with Crippen LogP contribution in [0, 0.1) is 0 Å². The third-order valence-electron chi connectivity index (χ3n) is 5.28. The molecule has 0 saturated carbocycles. The van der Waals surface area contributed by atoms with Crippen molar-refractivity contribution >= 4 is 28.5 Å². The number of carbonyl (C=O) groups is 1. The van der Waals surface area contributed by atoms with Gasteiger partial charge in [0.25, 0.3) is 5.91 Å². The number of benzene rings is 3. The van der Waals surface area contributed by atoms with Gasteiger partial charge in [-0.1, -0.05) is 85.1 Å². The summed E-state index contributed by atoms with van der Waals surface area (Å²) >= 11 is 1.49. The monoisotopic (exact) mass is 454 g/mol. The van der Waals surface area contributed by atoms with Gasteiger partial charge in [-0.05, 0) is 29.3 Å². The Morgan fingerprint density at radius 3 is 2.58 bits per heavy atom. The third-order valence-corrected chi connectivity index (χ3v) is 6.21. The molecule has 2 aliphatic heterocycles. The Balaban J connectivity index is 1.51. The number of amides is 1. The lowest BCUT2D eigenvalue weighted by molar-refractivity contribution is -0.116. The van der Waals surface area contributed by atoms with Crippen molar-refractivity contribution < 1.29 is 9.53 Å². The van der Waals surface area contributed by atoms with Crippen LogP contribution in [0.1, 0.15) is 17.3 Å². The van der Waals surface area contributed by atoms with E-state index in [2.05, 4.69) is 24.0 Å². The number of hydrogen-bond donors (Lipinski definition) is 1. The van der Waals surface area contributed by atoms with Crippen LogP contribution in [0.5, 0.6) is 5.75 Å². The van der Waals surface area contributed by atoms with Crippen LogP contribution in [0.2, 0.25) is 0 Å². The summed E-state index contributed by atoms with van der Waals surface area (Å²) < 4.78 is 5.61. The summed E-state index contributed by atoms with van der Waals surface area (Å²) in [6.07, 6.45) is 1.25. The van der Waals surface area contributed by atoms with Crippen LogP contribution in [0.25, 0.3) is 5.70 Å². The van der Waals surface area contributed by atoms with Gasteiger partial charge in [0, 0.05) is 11.0 Å². The number of hydrogen-bond acceptors (Lipinski definition) is 6. The molecule has 0 aliphatic carbocycles. The SMILES string of the molecule is C=CCOc1ccc([C@H]2N=c3ccccc3=C3C(=O)NC(SCc4ccccc4)=NN32)cc1. The fraction of sp³-hybridized carbons (Fsp3) is 0.115. The van der Waals surface area contributed by atoms with Gasteiger partial charge >= 0.3 is 0 Å². The van der Waals surface area contributed by atoms with Crippen LogP contribution in [-0.4, -0.2) is 22.7 Å². The maximum Gasteiger partial charge on any atom is 0.276 e. The Morgan fingerprint density at radius 2 is 1.79 bits per heavy atom. The van der Waals surface area contributed by atoms with E-state index in [0.29, 0.717) is 23.2 Å². The smallest absolute Gasteiger partial charge is 0.276 e. The number of hydrazone groups is 1. The second-order valence-corrected chi connectivity index (χ2v) is 8.48. The molecule has 3 aromatic rings. The Bertz CT molecular complexity index is 1340. The molecule has 6 nitrogen and oxygen atoms in total. The van der Waals surface area contributed by atoms with Crippen molar-refractivity contribution in [2.75, 3.05) is 6.61 Å². The molecule has 1 N–H and O–H groups in total. The van der Waals surface area contributed by atoms with E-state index in [0.717, 1.165) is 27.5 Å². The van der Waals surface area contributed by atoms with Gasteiger partial charge < -0.3 is 4.74 Å². The highest BCUT2D eigenvalue weighted by Crippen LogP contribution is 2.32. The molecular formula is C26H22N4O2S. The Hall–Kier alpha value is -3.84. The second kappa shape index (κ2) is 9.34. The number of amidine groups is 1. The van der Waals surface area contributed by atoms with E-state index in [1.807, 2.05) is 66.7 Å². The lowest BCUT2D eigenvalue weighted by Crippen LogP contribution is -2.50. The zero-order valence-electron chi connectivity index (χ0n) is 17.8. The van der Waals surface area contributed by atoms with E-state index in [1.165, 1.54) is 11.8 Å². The number of rotatable bonds is 6. The molecule has 1 amide bonds. The van der Waals surface area contributed by atoms with Crippen molar-refractivity contribution in [3.8, 4) is 5.75 Å². The van der Waals surface area contributed by atoms with Gasteiger partial charge in [-0.2, -0.15) is 0 Å². The minimum absolute atomic E-state index is 0.182. The van der Waals surface area contributed by atoms with Gasteiger partial charge in [-0.3, -0.25) is 15.1 Å². The molecule has 33 heavy (non-hydrogen) atoms. The van der Waals surface area contributed by atoms with E-state index in [4.69, 9.17) is 14.8 Å². The molecule has 5 rings (SSSR count). The van der Waals surface area contributed by atoms with Crippen LogP contribution in [0.15, 0.2) is 102 Å². The predicted molar refractivity (Wildman–Crippen MR) is 131 cm³/mol. The van der Waals surface area contributed by atoms with Crippen LogP contribution in [0.3, 0.4) is 0 Å². The predicted octanol–water partition coefficient (Wildman–Crippen LogP) is 3.33. The van der Waals surface area contributed by atoms with Gasteiger partial charge in [0.05, 0.1) is 5.36 Å². The molecular weight excluding hydrogens is 432 g/mol. The molecule has 0 radical (unpaired) electrons. The molecule has 2 heterocycles. The van der Waals surface area contributed by atoms with Gasteiger partial charge in [0.1, 0.15) is 18.1 Å². The van der Waals surface area contributed by atoms with Gasteiger partial charge in [-0.15, -0.1) is 5.10 Å². The fourth-order valence-corrected chi connectivity index (χ4v) is 4.53. The Kier molecular flexibility index (Phi) is 5.95. The van der Waals surface area contributed by atoms with Crippen molar-refractivity contribution in [3.63, 3.8) is 0 Å². The van der Waals surface area contributed by atoms with Crippen molar-refractivity contribution in [3.05, 3.63) is 113 Å². The van der Waals surface area contributed by atoms with Crippen LogP contribution in [0.4, 0.5) is 0 Å². The molecule has 0 unspecified atom stereocenters. The highest BCUT2D eigenvalue weighted by atomic mass is 32.2. The van der Waals surface area contributed by atoms with E-state index in [1.54, 1.807) is 11.1 Å². The molecule has 0 spiro atoms. The molecule has 0 aromatic heterocycles. The number of fused-ring (bicyclic) bond motifs is 2. The van der Waals surface area contributed by atoms with Gasteiger partial charge in [0.15, 0.2) is 11.3 Å². The first kappa shape index (κ1) is 21.0. The number of nitrogens with zero attached hydrogens (tertiary/aromatic N) is 3. The third kappa shape index (κ3) is 4.40. The minimum Gasteiger partial charge on any atom is -0.490 e. The first-order valence-corrected chi connectivity index (χ1v) is 11.6. The van der Waals surface area contributed by atoms with Crippen molar-refractivity contribution in [2.24, 2.45) is 10.1 Å². The number of para-hydroxylation sites is 1. The molecule has 0 bridgehead atoms. The van der Waals surface area contributed by atoms with Crippen molar-refractivity contribution in [1.82, 2.24) is 10.3 Å². The molecule has 2 aliphatic rings. The zero-order valence-corrected chi connectivity index (χ0v) is 18.7. The average Bonchev–Trinajstić information content (AvgIpc) is 2.86. The maximum absolute atomic E-state index is 13.2. The van der Waals surface area contributed by atoms with Crippen LogP contribution in [-0.2, 0) is 10.5 Å². The largest absolute Gasteiger partial charge is 0.490 e. The summed E-state index contributed by atoms with van der Waals surface area (Å²) in [6, 6.07) is 25.5. The summed E-state index contributed by atoms with van der Waals surface area (Å²) in [4.78, 5) is 18.1.